The fourth-order valence-corrected chi connectivity index (χ4v) is 1.03. The number of ether oxygens (including phenoxy) is 1. The zero-order chi connectivity index (χ0) is 12.4. The summed E-state index contributed by atoms with van der Waals surface area (Å²) in [6.45, 7) is 10.9. The van der Waals surface area contributed by atoms with Crippen LogP contribution in [0.2, 0.25) is 0 Å². The third-order valence-electron chi connectivity index (χ3n) is 2.05. The van der Waals surface area contributed by atoms with E-state index < -0.39 is 0 Å². The molecule has 0 N–H and O–H groups in total. The predicted octanol–water partition coefficient (Wildman–Crippen LogP) is 4.23. The van der Waals surface area contributed by atoms with Crippen molar-refractivity contribution in [1.82, 2.24) is 4.98 Å². The molecule has 1 fully saturated rings. The van der Waals surface area contributed by atoms with Gasteiger partial charge in [0.1, 0.15) is 0 Å². The molecule has 1 aromatic rings. The van der Waals surface area contributed by atoms with Gasteiger partial charge in [0, 0.05) is 12.3 Å². The largest absolute Gasteiger partial charge is 0.477 e. The Morgan fingerprint density at radius 2 is 1.81 bits per heavy atom. The zero-order valence-electron chi connectivity index (χ0n) is 11.3. The maximum atomic E-state index is 5.47. The van der Waals surface area contributed by atoms with E-state index in [1.807, 2.05) is 52.9 Å². The van der Waals surface area contributed by atoms with E-state index in [0.29, 0.717) is 0 Å². The number of aromatic nitrogens is 1. The van der Waals surface area contributed by atoms with Crippen molar-refractivity contribution in [3.8, 4) is 5.88 Å². The van der Waals surface area contributed by atoms with E-state index in [4.69, 9.17) is 4.74 Å². The van der Waals surface area contributed by atoms with Crippen LogP contribution < -0.4 is 4.74 Å². The lowest BCUT2D eigenvalue weighted by molar-refractivity contribution is 0.288. The number of rotatable bonds is 3. The minimum Gasteiger partial charge on any atom is -0.477 e. The molecule has 0 saturated heterocycles. The molecule has 0 atom stereocenters. The molecule has 0 aromatic carbocycles. The van der Waals surface area contributed by atoms with Gasteiger partial charge < -0.3 is 4.74 Å². The molecule has 1 saturated carbocycles. The summed E-state index contributed by atoms with van der Waals surface area (Å²) in [5.74, 6) is 1.56. The van der Waals surface area contributed by atoms with Crippen LogP contribution in [0.4, 0.5) is 0 Å². The maximum absolute atomic E-state index is 5.47. The number of aryl methyl sites for hydroxylation is 1. The predicted molar refractivity (Wildman–Crippen MR) is 69.9 cm³/mol. The Hall–Kier alpha value is -1.05. The first-order valence-electron chi connectivity index (χ1n) is 6.40. The lowest BCUT2D eigenvalue weighted by atomic mass is 10.3. The summed E-state index contributed by atoms with van der Waals surface area (Å²) in [4.78, 5) is 4.16. The van der Waals surface area contributed by atoms with Crippen molar-refractivity contribution in [2.24, 2.45) is 5.92 Å². The Morgan fingerprint density at radius 3 is 2.25 bits per heavy atom. The number of nitrogens with zero attached hydrogens (tertiary/aromatic N) is 1. The van der Waals surface area contributed by atoms with Crippen molar-refractivity contribution < 1.29 is 4.74 Å². The molecule has 92 valence electrons. The van der Waals surface area contributed by atoms with Gasteiger partial charge in [0.2, 0.25) is 5.88 Å². The van der Waals surface area contributed by atoms with Crippen LogP contribution in [0, 0.1) is 12.8 Å². The second-order valence-electron chi connectivity index (χ2n) is 3.43. The van der Waals surface area contributed by atoms with E-state index in [-0.39, 0.29) is 0 Å². The van der Waals surface area contributed by atoms with E-state index in [2.05, 4.69) is 4.98 Å². The fraction of sp³-hybridized carbons (Fsp3) is 0.643. The average Bonchev–Trinajstić information content (AvgIpc) is 3.18. The van der Waals surface area contributed by atoms with Gasteiger partial charge in [-0.15, -0.1) is 0 Å². The summed E-state index contributed by atoms with van der Waals surface area (Å²) in [7, 11) is 0. The van der Waals surface area contributed by atoms with Crippen molar-refractivity contribution in [1.29, 1.82) is 0 Å². The third-order valence-corrected chi connectivity index (χ3v) is 2.05. The monoisotopic (exact) mass is 223 g/mol. The lowest BCUT2D eigenvalue weighted by Gasteiger charge is -2.02. The molecule has 2 rings (SSSR count). The SMILES string of the molecule is CC.CC.Cc1ccc(OCC2CC2)nc1. The Balaban J connectivity index is 0.000000509. The summed E-state index contributed by atoms with van der Waals surface area (Å²) in [5.41, 5.74) is 1.17. The summed E-state index contributed by atoms with van der Waals surface area (Å²) < 4.78 is 5.47. The molecular weight excluding hydrogens is 198 g/mol. The van der Waals surface area contributed by atoms with Gasteiger partial charge in [0.05, 0.1) is 6.61 Å². The minimum atomic E-state index is 0.757. The highest BCUT2D eigenvalue weighted by molar-refractivity contribution is 5.16. The topological polar surface area (TPSA) is 22.1 Å². The van der Waals surface area contributed by atoms with Gasteiger partial charge in [-0.3, -0.25) is 0 Å². The van der Waals surface area contributed by atoms with Crippen LogP contribution in [0.1, 0.15) is 46.1 Å². The number of hydrogen-bond acceptors (Lipinski definition) is 2. The van der Waals surface area contributed by atoms with Crippen LogP contribution in [0.15, 0.2) is 18.3 Å². The van der Waals surface area contributed by atoms with Gasteiger partial charge in [-0.05, 0) is 31.2 Å². The van der Waals surface area contributed by atoms with Crippen LogP contribution >= 0.6 is 0 Å². The normalized spacial score (nSPS) is 12.8. The number of hydrogen-bond donors (Lipinski definition) is 0. The molecule has 1 aromatic heterocycles. The van der Waals surface area contributed by atoms with Crippen molar-refractivity contribution in [3.63, 3.8) is 0 Å². The van der Waals surface area contributed by atoms with Crippen LogP contribution in [0.25, 0.3) is 0 Å². The van der Waals surface area contributed by atoms with E-state index in [0.717, 1.165) is 18.4 Å². The molecule has 2 nitrogen and oxygen atoms in total. The second-order valence-corrected chi connectivity index (χ2v) is 3.43. The van der Waals surface area contributed by atoms with Crippen LogP contribution in [0.3, 0.4) is 0 Å². The van der Waals surface area contributed by atoms with Crippen molar-refractivity contribution >= 4 is 0 Å². The van der Waals surface area contributed by atoms with Crippen LogP contribution in [-0.4, -0.2) is 11.6 Å². The highest BCUT2D eigenvalue weighted by atomic mass is 16.5. The van der Waals surface area contributed by atoms with E-state index in [1.165, 1.54) is 18.4 Å². The Labute approximate surface area is 100 Å². The van der Waals surface area contributed by atoms with Gasteiger partial charge in [-0.25, -0.2) is 4.98 Å². The molecule has 0 amide bonds. The quantitative estimate of drug-likeness (QED) is 0.765. The van der Waals surface area contributed by atoms with Crippen molar-refractivity contribution in [3.05, 3.63) is 23.9 Å². The number of pyridine rings is 1. The van der Waals surface area contributed by atoms with Crippen molar-refractivity contribution in [2.45, 2.75) is 47.5 Å². The summed E-state index contributed by atoms with van der Waals surface area (Å²) >= 11 is 0. The summed E-state index contributed by atoms with van der Waals surface area (Å²) in [6, 6.07) is 3.95. The van der Waals surface area contributed by atoms with Gasteiger partial charge in [-0.1, -0.05) is 33.8 Å². The first-order chi connectivity index (χ1) is 7.84. The molecule has 0 radical (unpaired) electrons. The molecule has 2 heteroatoms. The first kappa shape index (κ1) is 14.9. The Morgan fingerprint density at radius 1 is 1.19 bits per heavy atom. The third kappa shape index (κ3) is 6.44. The molecule has 0 aliphatic heterocycles. The summed E-state index contributed by atoms with van der Waals surface area (Å²) in [5, 5.41) is 0. The van der Waals surface area contributed by atoms with E-state index in [9.17, 15) is 0 Å². The molecule has 1 aliphatic carbocycles. The molecular formula is C14H25NO. The average molecular weight is 223 g/mol. The van der Waals surface area contributed by atoms with Crippen LogP contribution in [-0.2, 0) is 0 Å². The highest BCUT2D eigenvalue weighted by Crippen LogP contribution is 2.29. The molecule has 0 spiro atoms. The second kappa shape index (κ2) is 9.20. The van der Waals surface area contributed by atoms with Crippen LogP contribution in [0.5, 0.6) is 5.88 Å². The smallest absolute Gasteiger partial charge is 0.213 e. The maximum Gasteiger partial charge on any atom is 0.213 e. The molecule has 1 heterocycles. The Kier molecular flexibility index (Phi) is 8.59. The van der Waals surface area contributed by atoms with Gasteiger partial charge in [-0.2, -0.15) is 0 Å². The molecule has 16 heavy (non-hydrogen) atoms. The zero-order valence-corrected chi connectivity index (χ0v) is 11.3. The standard InChI is InChI=1S/C10H13NO.2C2H6/c1-8-2-5-10(11-6-8)12-7-9-3-4-9;2*1-2/h2,5-6,9H,3-4,7H2,1H3;2*1-2H3. The molecule has 0 unspecified atom stereocenters. The fourth-order valence-electron chi connectivity index (χ4n) is 1.03. The highest BCUT2D eigenvalue weighted by Gasteiger charge is 2.21. The summed E-state index contributed by atoms with van der Waals surface area (Å²) in [6.07, 6.45) is 4.49. The van der Waals surface area contributed by atoms with E-state index in [1.54, 1.807) is 0 Å². The molecule has 1 aliphatic rings. The van der Waals surface area contributed by atoms with Gasteiger partial charge in [0.15, 0.2) is 0 Å². The minimum absolute atomic E-state index is 0.757. The molecule has 0 bridgehead atoms. The first-order valence-corrected chi connectivity index (χ1v) is 6.40. The van der Waals surface area contributed by atoms with Crippen molar-refractivity contribution in [2.75, 3.05) is 6.61 Å². The Bertz CT molecular complexity index is 252. The van der Waals surface area contributed by atoms with Gasteiger partial charge >= 0.3 is 0 Å². The lowest BCUT2D eigenvalue weighted by Crippen LogP contribution is -2.00. The van der Waals surface area contributed by atoms with E-state index >= 15 is 0 Å². The van der Waals surface area contributed by atoms with Gasteiger partial charge in [0.25, 0.3) is 0 Å².